The van der Waals surface area contributed by atoms with Crippen LogP contribution in [0.3, 0.4) is 0 Å². The Morgan fingerprint density at radius 1 is 1.22 bits per heavy atom. The lowest BCUT2D eigenvalue weighted by molar-refractivity contribution is -0.130. The van der Waals surface area contributed by atoms with Gasteiger partial charge < -0.3 is 14.5 Å². The summed E-state index contributed by atoms with van der Waals surface area (Å²) in [6, 6.07) is 7.97. The number of nitrogens with zero attached hydrogens (tertiary/aromatic N) is 3. The normalized spacial score (nSPS) is 13.3. The fourth-order valence-corrected chi connectivity index (χ4v) is 2.64. The van der Waals surface area contributed by atoms with Crippen molar-refractivity contribution >= 4 is 17.5 Å². The number of carbonyl (C=O) groups is 2. The van der Waals surface area contributed by atoms with Gasteiger partial charge in [-0.05, 0) is 18.1 Å². The number of hydrogen-bond donors (Lipinski definition) is 0. The fraction of sp³-hybridized carbons (Fsp3) is 0.529. The predicted octanol–water partition coefficient (Wildman–Crippen LogP) is 0.612. The summed E-state index contributed by atoms with van der Waals surface area (Å²) in [5.74, 6) is 0.00772. The standard InChI is InChI=1S/C17H25N3O3/c1-18(2)16(21)12-19(10-11-23-3)13-17(22)20-9-8-14-6-4-5-7-15(14)20/h4-7H,8-13H2,1-3H3. The summed E-state index contributed by atoms with van der Waals surface area (Å²) in [7, 11) is 5.05. The Morgan fingerprint density at radius 3 is 2.65 bits per heavy atom. The minimum Gasteiger partial charge on any atom is -0.383 e. The maximum Gasteiger partial charge on any atom is 0.241 e. The Kier molecular flexibility index (Phi) is 6.12. The molecule has 1 aliphatic heterocycles. The van der Waals surface area contributed by atoms with Crippen molar-refractivity contribution in [2.45, 2.75) is 6.42 Å². The summed E-state index contributed by atoms with van der Waals surface area (Å²) in [4.78, 5) is 29.8. The molecule has 126 valence electrons. The van der Waals surface area contributed by atoms with E-state index in [4.69, 9.17) is 4.74 Å². The van der Waals surface area contributed by atoms with Gasteiger partial charge >= 0.3 is 0 Å². The van der Waals surface area contributed by atoms with Gasteiger partial charge in [-0.15, -0.1) is 0 Å². The summed E-state index contributed by atoms with van der Waals surface area (Å²) in [6.07, 6.45) is 0.886. The third-order valence-electron chi connectivity index (χ3n) is 4.02. The fourth-order valence-electron chi connectivity index (χ4n) is 2.64. The molecule has 0 bridgehead atoms. The van der Waals surface area contributed by atoms with E-state index in [1.807, 2.05) is 28.0 Å². The number of hydrogen-bond acceptors (Lipinski definition) is 4. The molecule has 0 spiro atoms. The van der Waals surface area contributed by atoms with Crippen LogP contribution >= 0.6 is 0 Å². The van der Waals surface area contributed by atoms with Crippen molar-refractivity contribution < 1.29 is 14.3 Å². The molecule has 2 amide bonds. The van der Waals surface area contributed by atoms with Crippen molar-refractivity contribution in [1.82, 2.24) is 9.80 Å². The molecule has 1 heterocycles. The van der Waals surface area contributed by atoms with Crippen LogP contribution < -0.4 is 4.90 Å². The lowest BCUT2D eigenvalue weighted by atomic mass is 10.2. The number of anilines is 1. The summed E-state index contributed by atoms with van der Waals surface area (Å²) in [6.45, 7) is 2.19. The van der Waals surface area contributed by atoms with Gasteiger partial charge in [0.25, 0.3) is 0 Å². The first-order valence-corrected chi connectivity index (χ1v) is 7.82. The maximum absolute atomic E-state index is 12.7. The van der Waals surface area contributed by atoms with Crippen molar-refractivity contribution in [3.8, 4) is 0 Å². The number of para-hydroxylation sites is 1. The Balaban J connectivity index is 2.01. The number of fused-ring (bicyclic) bond motifs is 1. The Bertz CT molecular complexity index is 560. The number of carbonyl (C=O) groups excluding carboxylic acids is 2. The zero-order chi connectivity index (χ0) is 16.8. The minimum atomic E-state index is -0.0178. The third-order valence-corrected chi connectivity index (χ3v) is 4.02. The summed E-state index contributed by atoms with van der Waals surface area (Å²) in [5, 5.41) is 0. The monoisotopic (exact) mass is 319 g/mol. The summed E-state index contributed by atoms with van der Waals surface area (Å²) < 4.78 is 5.09. The second-order valence-electron chi connectivity index (χ2n) is 5.92. The largest absolute Gasteiger partial charge is 0.383 e. The number of ether oxygens (including phenoxy) is 1. The van der Waals surface area contributed by atoms with Crippen molar-refractivity contribution in [1.29, 1.82) is 0 Å². The highest BCUT2D eigenvalue weighted by molar-refractivity contribution is 5.97. The maximum atomic E-state index is 12.7. The van der Waals surface area contributed by atoms with E-state index in [1.54, 1.807) is 21.2 Å². The molecule has 6 nitrogen and oxygen atoms in total. The first-order valence-electron chi connectivity index (χ1n) is 7.82. The van der Waals surface area contributed by atoms with Crippen LogP contribution in [0.15, 0.2) is 24.3 Å². The quantitative estimate of drug-likeness (QED) is 0.739. The molecule has 0 aromatic heterocycles. The van der Waals surface area contributed by atoms with Crippen LogP contribution in [0.1, 0.15) is 5.56 Å². The molecular weight excluding hydrogens is 294 g/mol. The highest BCUT2D eigenvalue weighted by atomic mass is 16.5. The van der Waals surface area contributed by atoms with E-state index < -0.39 is 0 Å². The molecule has 6 heteroatoms. The summed E-state index contributed by atoms with van der Waals surface area (Å²) >= 11 is 0. The first-order chi connectivity index (χ1) is 11.0. The van der Waals surface area contributed by atoms with E-state index in [1.165, 1.54) is 10.5 Å². The van der Waals surface area contributed by atoms with Crippen molar-refractivity contribution in [3.05, 3.63) is 29.8 Å². The lowest BCUT2D eigenvalue weighted by Gasteiger charge is -2.25. The first kappa shape index (κ1) is 17.4. The molecule has 1 aromatic carbocycles. The molecule has 23 heavy (non-hydrogen) atoms. The van der Waals surface area contributed by atoms with Crippen LogP contribution in [-0.2, 0) is 20.7 Å². The SMILES string of the molecule is COCCN(CC(=O)N(C)C)CC(=O)N1CCc2ccccc21. The van der Waals surface area contributed by atoms with Crippen LogP contribution in [0.25, 0.3) is 0 Å². The third kappa shape index (κ3) is 4.53. The highest BCUT2D eigenvalue weighted by Gasteiger charge is 2.26. The van der Waals surface area contributed by atoms with E-state index in [-0.39, 0.29) is 24.9 Å². The smallest absolute Gasteiger partial charge is 0.241 e. The topological polar surface area (TPSA) is 53.1 Å². The van der Waals surface area contributed by atoms with Crippen LogP contribution in [0, 0.1) is 0 Å². The minimum absolute atomic E-state index is 0.0178. The predicted molar refractivity (Wildman–Crippen MR) is 89.5 cm³/mol. The number of likely N-dealkylation sites (N-methyl/N-ethyl adjacent to an activating group) is 1. The van der Waals surface area contributed by atoms with Gasteiger partial charge in [-0.2, -0.15) is 0 Å². The second kappa shape index (κ2) is 8.08. The van der Waals surface area contributed by atoms with Crippen molar-refractivity contribution in [3.63, 3.8) is 0 Å². The number of methoxy groups -OCH3 is 1. The molecule has 0 fully saturated rings. The van der Waals surface area contributed by atoms with E-state index in [0.29, 0.717) is 19.7 Å². The number of rotatable bonds is 7. The average molecular weight is 319 g/mol. The van der Waals surface area contributed by atoms with E-state index in [9.17, 15) is 9.59 Å². The molecule has 0 atom stereocenters. The van der Waals surface area contributed by atoms with E-state index in [0.717, 1.165) is 12.1 Å². The molecule has 0 aliphatic carbocycles. The molecule has 1 aliphatic rings. The molecule has 0 saturated heterocycles. The number of amides is 2. The van der Waals surface area contributed by atoms with Crippen LogP contribution in [0.4, 0.5) is 5.69 Å². The van der Waals surface area contributed by atoms with Crippen LogP contribution in [0.2, 0.25) is 0 Å². The molecule has 0 radical (unpaired) electrons. The molecular formula is C17H25N3O3. The molecule has 0 N–H and O–H groups in total. The summed E-state index contributed by atoms with van der Waals surface area (Å²) in [5.41, 5.74) is 2.19. The molecule has 2 rings (SSSR count). The zero-order valence-corrected chi connectivity index (χ0v) is 14.1. The van der Waals surface area contributed by atoms with Gasteiger partial charge in [0.1, 0.15) is 0 Å². The van der Waals surface area contributed by atoms with Crippen LogP contribution in [0.5, 0.6) is 0 Å². The van der Waals surface area contributed by atoms with Crippen molar-refractivity contribution in [2.75, 3.05) is 58.9 Å². The Morgan fingerprint density at radius 2 is 1.96 bits per heavy atom. The number of benzene rings is 1. The van der Waals surface area contributed by atoms with Gasteiger partial charge in [-0.25, -0.2) is 0 Å². The van der Waals surface area contributed by atoms with Gasteiger partial charge in [-0.1, -0.05) is 18.2 Å². The van der Waals surface area contributed by atoms with Gasteiger partial charge in [-0.3, -0.25) is 14.5 Å². The second-order valence-corrected chi connectivity index (χ2v) is 5.92. The Hall–Kier alpha value is -1.92. The van der Waals surface area contributed by atoms with Gasteiger partial charge in [0.2, 0.25) is 11.8 Å². The molecule has 0 unspecified atom stereocenters. The zero-order valence-electron chi connectivity index (χ0n) is 14.1. The van der Waals surface area contributed by atoms with Gasteiger partial charge in [0, 0.05) is 40.0 Å². The molecule has 0 saturated carbocycles. The van der Waals surface area contributed by atoms with Gasteiger partial charge in [0.05, 0.1) is 19.7 Å². The van der Waals surface area contributed by atoms with Gasteiger partial charge in [0.15, 0.2) is 0 Å². The lowest BCUT2D eigenvalue weighted by Crippen LogP contribution is -2.45. The van der Waals surface area contributed by atoms with E-state index >= 15 is 0 Å². The van der Waals surface area contributed by atoms with Crippen molar-refractivity contribution in [2.24, 2.45) is 0 Å². The van der Waals surface area contributed by atoms with E-state index in [2.05, 4.69) is 6.07 Å². The Labute approximate surface area is 137 Å². The highest BCUT2D eigenvalue weighted by Crippen LogP contribution is 2.27. The average Bonchev–Trinajstić information content (AvgIpc) is 2.96. The molecule has 1 aromatic rings. The van der Waals surface area contributed by atoms with Crippen LogP contribution in [-0.4, -0.2) is 75.6 Å².